The molecule has 0 saturated carbocycles. The van der Waals surface area contributed by atoms with Gasteiger partial charge in [0.1, 0.15) is 23.0 Å². The fraction of sp³-hybridized carbons (Fsp3) is 0.275. The van der Waals surface area contributed by atoms with Gasteiger partial charge in [-0.2, -0.15) is 0 Å². The molecule has 4 rings (SSSR count). The minimum absolute atomic E-state index is 0.0985. The van der Waals surface area contributed by atoms with Crippen molar-refractivity contribution in [3.63, 3.8) is 0 Å². The van der Waals surface area contributed by atoms with E-state index in [2.05, 4.69) is 13.2 Å². The van der Waals surface area contributed by atoms with Gasteiger partial charge in [-0.3, -0.25) is 0 Å². The number of carboxylic acid groups (broad SMARTS) is 1. The Kier molecular flexibility index (Phi) is 16.6. The predicted molar refractivity (Wildman–Crippen MR) is 189 cm³/mol. The minimum Gasteiger partial charge on any atom is -0.512 e. The summed E-state index contributed by atoms with van der Waals surface area (Å²) < 4.78 is 12.2. The van der Waals surface area contributed by atoms with Gasteiger partial charge in [-0.15, -0.1) is 0 Å². The van der Waals surface area contributed by atoms with E-state index < -0.39 is 11.9 Å². The molecule has 0 amide bonds. The summed E-state index contributed by atoms with van der Waals surface area (Å²) in [4.78, 5) is 12.7. The second-order valence-corrected chi connectivity index (χ2v) is 9.48. The highest BCUT2D eigenvalue weighted by atomic mass is 16.5. The molecule has 240 valence electrons. The molecule has 5 nitrogen and oxygen atoms in total. The third kappa shape index (κ3) is 10.1. The summed E-state index contributed by atoms with van der Waals surface area (Å²) in [5, 5.41) is 21.1. The van der Waals surface area contributed by atoms with Crippen LogP contribution in [0.2, 0.25) is 0 Å². The molecule has 0 saturated heterocycles. The molecule has 0 heterocycles. The predicted octanol–water partition coefficient (Wildman–Crippen LogP) is 11.7. The average molecular weight is 611 g/mol. The molecule has 1 aliphatic rings. The van der Waals surface area contributed by atoms with Gasteiger partial charge in [-0.05, 0) is 96.7 Å². The number of aliphatic hydroxyl groups is 1. The van der Waals surface area contributed by atoms with Crippen LogP contribution in [0.25, 0.3) is 5.57 Å². The maximum atomic E-state index is 12.7. The highest BCUT2D eigenvalue weighted by molar-refractivity contribution is 6.01. The fourth-order valence-corrected chi connectivity index (χ4v) is 4.58. The number of allylic oxidation sites excluding steroid dienone is 6. The van der Waals surface area contributed by atoms with E-state index in [1.807, 2.05) is 105 Å². The Bertz CT molecular complexity index is 1540. The number of aliphatic carboxylic acids is 1. The molecule has 3 aromatic rings. The van der Waals surface area contributed by atoms with E-state index in [0.717, 1.165) is 28.0 Å². The van der Waals surface area contributed by atoms with Crippen molar-refractivity contribution < 1.29 is 24.5 Å². The first-order valence-corrected chi connectivity index (χ1v) is 15.7. The van der Waals surface area contributed by atoms with Crippen LogP contribution in [0.3, 0.4) is 0 Å². The van der Waals surface area contributed by atoms with Gasteiger partial charge in [0.25, 0.3) is 0 Å². The first kappa shape index (κ1) is 38.3. The molecule has 0 spiro atoms. The number of hydrogen-bond donors (Lipinski definition) is 2. The minimum atomic E-state index is -1.06. The Balaban J connectivity index is 0.00000159. The molecular weight excluding hydrogens is 560 g/mol. The Hall–Kier alpha value is -4.77. The molecule has 2 N–H and O–H groups in total. The monoisotopic (exact) mass is 610 g/mol. The fourth-order valence-electron chi connectivity index (χ4n) is 4.58. The molecule has 3 aromatic carbocycles. The van der Waals surface area contributed by atoms with Crippen LogP contribution in [0.4, 0.5) is 0 Å². The number of rotatable bonds is 9. The summed E-state index contributed by atoms with van der Waals surface area (Å²) >= 11 is 0. The Labute approximate surface area is 270 Å². The van der Waals surface area contributed by atoms with E-state index in [1.165, 1.54) is 6.08 Å². The molecule has 0 fully saturated rings. The van der Waals surface area contributed by atoms with Crippen molar-refractivity contribution in [2.24, 2.45) is 0 Å². The normalized spacial score (nSPS) is 14.0. The summed E-state index contributed by atoms with van der Waals surface area (Å²) in [6.07, 6.45) is 4.96. The second-order valence-electron chi connectivity index (χ2n) is 9.48. The van der Waals surface area contributed by atoms with Crippen molar-refractivity contribution in [3.05, 3.63) is 143 Å². The molecule has 45 heavy (non-hydrogen) atoms. The molecule has 0 bridgehead atoms. The van der Waals surface area contributed by atoms with Gasteiger partial charge in [0.2, 0.25) is 0 Å². The maximum absolute atomic E-state index is 12.7. The van der Waals surface area contributed by atoms with Crippen molar-refractivity contribution in [1.82, 2.24) is 0 Å². The van der Waals surface area contributed by atoms with Crippen LogP contribution in [-0.4, -0.2) is 16.2 Å². The first-order chi connectivity index (χ1) is 21.7. The number of carboxylic acids is 1. The van der Waals surface area contributed by atoms with Gasteiger partial charge in [-0.1, -0.05) is 97.2 Å². The topological polar surface area (TPSA) is 76.0 Å². The van der Waals surface area contributed by atoms with E-state index in [9.17, 15) is 15.0 Å². The third-order valence-electron chi connectivity index (χ3n) is 6.89. The largest absolute Gasteiger partial charge is 0.512 e. The van der Waals surface area contributed by atoms with E-state index in [1.54, 1.807) is 36.4 Å². The van der Waals surface area contributed by atoms with Gasteiger partial charge in [0, 0.05) is 12.3 Å². The summed E-state index contributed by atoms with van der Waals surface area (Å²) in [6, 6.07) is 20.4. The zero-order valence-corrected chi connectivity index (χ0v) is 28.4. The number of aryl methyl sites for hydroxylation is 1. The lowest BCUT2D eigenvalue weighted by molar-refractivity contribution is -0.132. The Morgan fingerprint density at radius 2 is 1.49 bits per heavy atom. The van der Waals surface area contributed by atoms with Gasteiger partial charge in [0.05, 0.1) is 11.3 Å². The van der Waals surface area contributed by atoms with Gasteiger partial charge >= 0.3 is 5.97 Å². The lowest BCUT2D eigenvalue weighted by Gasteiger charge is -2.25. The van der Waals surface area contributed by atoms with Crippen molar-refractivity contribution >= 4 is 11.5 Å². The van der Waals surface area contributed by atoms with Crippen molar-refractivity contribution in [2.45, 2.75) is 74.7 Å². The molecule has 0 aromatic heterocycles. The van der Waals surface area contributed by atoms with Crippen LogP contribution < -0.4 is 9.47 Å². The van der Waals surface area contributed by atoms with Gasteiger partial charge < -0.3 is 19.7 Å². The summed E-state index contributed by atoms with van der Waals surface area (Å²) in [7, 11) is 0. The summed E-state index contributed by atoms with van der Waals surface area (Å²) in [5.74, 6) is 0.861. The molecular formula is C40H50O5. The Morgan fingerprint density at radius 3 is 2.11 bits per heavy atom. The van der Waals surface area contributed by atoms with E-state index >= 15 is 0 Å². The standard InChI is InChI=1S/C34H32O5.3C2H6/c1-6-21(3)31(7-2)38-27-14-9-12-24(17-27)29-19-26(35)20-30(33(29)34(36)37)25-13-10-15-28(18-25)39-32-16-8-11-22(4)23(32)5;3*1-2/h6-19,30,35H,1-2,20H2,3-5H3,(H,36,37);3*1-2H3/b31-21+;;;. The van der Waals surface area contributed by atoms with Crippen LogP contribution >= 0.6 is 0 Å². The number of benzene rings is 3. The number of carbonyl (C=O) groups is 1. The van der Waals surface area contributed by atoms with Crippen LogP contribution in [0.15, 0.2) is 121 Å². The SMILES string of the molecule is C=C/C(C)=C(\C=C)Oc1cccc(C2=C(C(=O)O)C(c3cccc(Oc4cccc(C)c4C)c3)CC(O)=C2)c1.CC.CC.CC. The van der Waals surface area contributed by atoms with E-state index in [4.69, 9.17) is 9.47 Å². The van der Waals surface area contributed by atoms with Crippen molar-refractivity contribution in [3.8, 4) is 17.2 Å². The van der Waals surface area contributed by atoms with E-state index in [-0.39, 0.29) is 17.8 Å². The van der Waals surface area contributed by atoms with Crippen LogP contribution in [0.1, 0.15) is 83.1 Å². The molecule has 5 heteroatoms. The highest BCUT2D eigenvalue weighted by Gasteiger charge is 2.31. The molecule has 1 unspecified atom stereocenters. The number of ether oxygens (including phenoxy) is 2. The Morgan fingerprint density at radius 1 is 0.867 bits per heavy atom. The first-order valence-electron chi connectivity index (χ1n) is 15.7. The smallest absolute Gasteiger partial charge is 0.332 e. The van der Waals surface area contributed by atoms with Crippen molar-refractivity contribution in [1.29, 1.82) is 0 Å². The number of aliphatic hydroxyl groups excluding tert-OH is 1. The quantitative estimate of drug-likeness (QED) is 0.186. The molecule has 1 atom stereocenters. The summed E-state index contributed by atoms with van der Waals surface area (Å²) in [6.45, 7) is 25.5. The van der Waals surface area contributed by atoms with Gasteiger partial charge in [0.15, 0.2) is 0 Å². The van der Waals surface area contributed by atoms with Crippen LogP contribution in [-0.2, 0) is 4.79 Å². The average Bonchev–Trinajstić information content (AvgIpc) is 3.07. The third-order valence-corrected chi connectivity index (χ3v) is 6.89. The lowest BCUT2D eigenvalue weighted by Crippen LogP contribution is -2.17. The molecule has 0 radical (unpaired) electrons. The van der Waals surface area contributed by atoms with E-state index in [0.29, 0.717) is 28.4 Å². The van der Waals surface area contributed by atoms with Crippen molar-refractivity contribution in [2.75, 3.05) is 0 Å². The van der Waals surface area contributed by atoms with Gasteiger partial charge in [-0.25, -0.2) is 4.79 Å². The zero-order chi connectivity index (χ0) is 34.1. The number of hydrogen-bond acceptors (Lipinski definition) is 4. The van der Waals surface area contributed by atoms with Crippen LogP contribution in [0, 0.1) is 13.8 Å². The maximum Gasteiger partial charge on any atom is 0.332 e. The zero-order valence-electron chi connectivity index (χ0n) is 28.4. The highest BCUT2D eigenvalue weighted by Crippen LogP contribution is 2.42. The lowest BCUT2D eigenvalue weighted by atomic mass is 9.79. The molecule has 1 aliphatic carbocycles. The molecule has 0 aliphatic heterocycles. The van der Waals surface area contributed by atoms with Crippen LogP contribution in [0.5, 0.6) is 17.2 Å². The second kappa shape index (κ2) is 19.5. The summed E-state index contributed by atoms with van der Waals surface area (Å²) in [5.41, 5.74) is 4.94.